The minimum Gasteiger partial charge on any atom is -0.331 e. The van der Waals surface area contributed by atoms with Gasteiger partial charge in [-0.15, -0.1) is 0 Å². The molecule has 0 bridgehead atoms. The van der Waals surface area contributed by atoms with Crippen LogP contribution in [0.2, 0.25) is 0 Å². The molecule has 0 saturated carbocycles. The van der Waals surface area contributed by atoms with Gasteiger partial charge in [-0.3, -0.25) is 0 Å². The summed E-state index contributed by atoms with van der Waals surface area (Å²) in [5.41, 5.74) is 1.44. The van der Waals surface area contributed by atoms with Crippen molar-refractivity contribution in [1.29, 1.82) is 0 Å². The van der Waals surface area contributed by atoms with E-state index in [0.29, 0.717) is 12.0 Å². The monoisotopic (exact) mass is 235 g/mol. The molecule has 17 heavy (non-hydrogen) atoms. The molecule has 0 amide bonds. The average molecular weight is 235 g/mol. The summed E-state index contributed by atoms with van der Waals surface area (Å²) in [6.07, 6.45) is 10.4. The van der Waals surface area contributed by atoms with Gasteiger partial charge in [0, 0.05) is 30.4 Å². The van der Waals surface area contributed by atoms with Crippen molar-refractivity contribution in [2.24, 2.45) is 0 Å². The fourth-order valence-electron chi connectivity index (χ4n) is 2.91. The molecule has 1 aliphatic heterocycles. The molecule has 3 heteroatoms. The first-order valence-electron chi connectivity index (χ1n) is 7.09. The molecule has 2 atom stereocenters. The number of aromatic nitrogens is 2. The van der Waals surface area contributed by atoms with E-state index >= 15 is 0 Å². The van der Waals surface area contributed by atoms with E-state index in [1.807, 2.05) is 6.33 Å². The second-order valence-electron chi connectivity index (χ2n) is 5.12. The molecule has 96 valence electrons. The first-order chi connectivity index (χ1) is 8.36. The van der Waals surface area contributed by atoms with E-state index in [9.17, 15) is 0 Å². The molecular weight excluding hydrogens is 210 g/mol. The second kappa shape index (κ2) is 6.20. The number of rotatable bonds is 5. The maximum absolute atomic E-state index is 4.38. The van der Waals surface area contributed by atoms with E-state index < -0.39 is 0 Å². The van der Waals surface area contributed by atoms with Crippen LogP contribution in [-0.4, -0.2) is 22.6 Å². The highest BCUT2D eigenvalue weighted by molar-refractivity contribution is 5.09. The predicted molar refractivity (Wildman–Crippen MR) is 71.3 cm³/mol. The summed E-state index contributed by atoms with van der Waals surface area (Å²) in [6.45, 7) is 6.84. The van der Waals surface area contributed by atoms with Gasteiger partial charge in [0.15, 0.2) is 0 Å². The van der Waals surface area contributed by atoms with Crippen LogP contribution < -0.4 is 5.32 Å². The summed E-state index contributed by atoms with van der Waals surface area (Å²) >= 11 is 0. The van der Waals surface area contributed by atoms with Crippen molar-refractivity contribution in [2.75, 3.05) is 13.1 Å². The van der Waals surface area contributed by atoms with Gasteiger partial charge in [0.1, 0.15) is 0 Å². The average Bonchev–Trinajstić information content (AvgIpc) is 2.86. The van der Waals surface area contributed by atoms with Crippen molar-refractivity contribution in [1.82, 2.24) is 14.9 Å². The molecule has 0 spiro atoms. The third-order valence-corrected chi connectivity index (χ3v) is 3.90. The number of piperidine rings is 1. The summed E-state index contributed by atoms with van der Waals surface area (Å²) in [5.74, 6) is 0.664. The van der Waals surface area contributed by atoms with E-state index in [-0.39, 0.29) is 0 Å². The van der Waals surface area contributed by atoms with Gasteiger partial charge in [-0.1, -0.05) is 20.3 Å². The summed E-state index contributed by atoms with van der Waals surface area (Å²) in [7, 11) is 0. The Bertz CT molecular complexity index is 307. The minimum atomic E-state index is 0.638. The highest BCUT2D eigenvalue weighted by atomic mass is 15.1. The van der Waals surface area contributed by atoms with Crippen LogP contribution in [0.25, 0.3) is 0 Å². The molecule has 2 rings (SSSR count). The lowest BCUT2D eigenvalue weighted by molar-refractivity contribution is 0.394. The lowest BCUT2D eigenvalue weighted by atomic mass is 9.95. The first kappa shape index (κ1) is 12.6. The zero-order chi connectivity index (χ0) is 12.1. The van der Waals surface area contributed by atoms with Crippen LogP contribution in [-0.2, 0) is 0 Å². The highest BCUT2D eigenvalue weighted by Crippen LogP contribution is 2.28. The predicted octanol–water partition coefficient (Wildman–Crippen LogP) is 3.10. The molecule has 1 fully saturated rings. The van der Waals surface area contributed by atoms with Crippen LogP contribution >= 0.6 is 0 Å². The van der Waals surface area contributed by atoms with Crippen LogP contribution in [0.5, 0.6) is 0 Å². The van der Waals surface area contributed by atoms with Gasteiger partial charge in [0.25, 0.3) is 0 Å². The molecule has 1 aromatic rings. The second-order valence-corrected chi connectivity index (χ2v) is 5.12. The zero-order valence-electron chi connectivity index (χ0n) is 11.2. The van der Waals surface area contributed by atoms with E-state index in [1.54, 1.807) is 0 Å². The minimum absolute atomic E-state index is 0.638. The summed E-state index contributed by atoms with van der Waals surface area (Å²) in [5, 5.41) is 3.50. The fraction of sp³-hybridized carbons (Fsp3) is 0.786. The zero-order valence-corrected chi connectivity index (χ0v) is 11.2. The number of imidazole rings is 1. The van der Waals surface area contributed by atoms with Crippen molar-refractivity contribution in [3.63, 3.8) is 0 Å². The summed E-state index contributed by atoms with van der Waals surface area (Å²) in [6, 6.07) is 0.638. The molecule has 2 unspecified atom stereocenters. The van der Waals surface area contributed by atoms with Crippen LogP contribution in [0.15, 0.2) is 12.5 Å². The third-order valence-electron chi connectivity index (χ3n) is 3.90. The Morgan fingerprint density at radius 3 is 3.06 bits per heavy atom. The van der Waals surface area contributed by atoms with Gasteiger partial charge in [-0.05, 0) is 32.2 Å². The summed E-state index contributed by atoms with van der Waals surface area (Å²) in [4.78, 5) is 4.38. The van der Waals surface area contributed by atoms with Gasteiger partial charge in [0.2, 0.25) is 0 Å². The molecule has 1 aliphatic rings. The van der Waals surface area contributed by atoms with Crippen molar-refractivity contribution in [2.45, 2.75) is 57.9 Å². The third kappa shape index (κ3) is 2.89. The van der Waals surface area contributed by atoms with Crippen molar-refractivity contribution < 1.29 is 0 Å². The first-order valence-corrected chi connectivity index (χ1v) is 7.09. The van der Waals surface area contributed by atoms with Gasteiger partial charge < -0.3 is 9.88 Å². The van der Waals surface area contributed by atoms with Crippen molar-refractivity contribution in [3.05, 3.63) is 18.2 Å². The van der Waals surface area contributed by atoms with Crippen LogP contribution in [0.1, 0.15) is 63.6 Å². The van der Waals surface area contributed by atoms with Gasteiger partial charge in [-0.2, -0.15) is 0 Å². The fourth-order valence-corrected chi connectivity index (χ4v) is 2.91. The van der Waals surface area contributed by atoms with E-state index in [2.05, 4.69) is 34.9 Å². The Labute approximate surface area is 105 Å². The lowest BCUT2D eigenvalue weighted by Crippen LogP contribution is -2.30. The number of nitrogens with one attached hydrogen (secondary N) is 1. The quantitative estimate of drug-likeness (QED) is 0.850. The molecule has 0 aliphatic carbocycles. The highest BCUT2D eigenvalue weighted by Gasteiger charge is 2.21. The topological polar surface area (TPSA) is 29.9 Å². The van der Waals surface area contributed by atoms with Crippen LogP contribution in [0, 0.1) is 0 Å². The van der Waals surface area contributed by atoms with Gasteiger partial charge in [0.05, 0.1) is 6.33 Å². The molecule has 3 nitrogen and oxygen atoms in total. The Morgan fingerprint density at radius 2 is 2.41 bits per heavy atom. The molecule has 1 N–H and O–H groups in total. The lowest BCUT2D eigenvalue weighted by Gasteiger charge is -2.27. The number of nitrogens with zero attached hydrogens (tertiary/aromatic N) is 2. The van der Waals surface area contributed by atoms with Crippen molar-refractivity contribution >= 4 is 0 Å². The van der Waals surface area contributed by atoms with E-state index in [0.717, 1.165) is 6.54 Å². The van der Waals surface area contributed by atoms with E-state index in [1.165, 1.54) is 44.3 Å². The Kier molecular flexibility index (Phi) is 4.60. The molecule has 0 radical (unpaired) electrons. The Hall–Kier alpha value is -0.830. The van der Waals surface area contributed by atoms with Gasteiger partial charge >= 0.3 is 0 Å². The molecular formula is C14H25N3. The van der Waals surface area contributed by atoms with Gasteiger partial charge in [-0.25, -0.2) is 4.98 Å². The smallest absolute Gasteiger partial charge is 0.0950 e. The maximum Gasteiger partial charge on any atom is 0.0950 e. The van der Waals surface area contributed by atoms with Crippen LogP contribution in [0.3, 0.4) is 0 Å². The maximum atomic E-state index is 4.38. The van der Waals surface area contributed by atoms with Crippen molar-refractivity contribution in [3.8, 4) is 0 Å². The summed E-state index contributed by atoms with van der Waals surface area (Å²) < 4.78 is 2.43. The van der Waals surface area contributed by atoms with Crippen LogP contribution in [0.4, 0.5) is 0 Å². The Morgan fingerprint density at radius 1 is 1.53 bits per heavy atom. The Balaban J connectivity index is 2.14. The largest absolute Gasteiger partial charge is 0.331 e. The molecule has 1 aromatic heterocycles. The molecule has 1 saturated heterocycles. The SMILES string of the molecule is CCCC(CC)n1cncc1C1CCCNC1. The number of hydrogen-bond donors (Lipinski definition) is 1. The normalized spacial score (nSPS) is 22.6. The number of hydrogen-bond acceptors (Lipinski definition) is 2. The molecule has 0 aromatic carbocycles. The standard InChI is InChI=1S/C14H25N3/c1-3-6-13(4-2)17-11-16-10-14(17)12-7-5-8-15-9-12/h10-13,15H,3-9H2,1-2H3. The molecule has 2 heterocycles. The van der Waals surface area contributed by atoms with E-state index in [4.69, 9.17) is 0 Å².